The molecule has 1 saturated heterocycles. The molecule has 1 atom stereocenters. The molecule has 3 aromatic heterocycles. The molecule has 6 nitrogen and oxygen atoms in total. The monoisotopic (exact) mass is 455 g/mol. The summed E-state index contributed by atoms with van der Waals surface area (Å²) >= 11 is 0. The van der Waals surface area contributed by atoms with Crippen molar-refractivity contribution in [2.75, 3.05) is 20.1 Å². The molecule has 0 saturated carbocycles. The highest BCUT2D eigenvalue weighted by atomic mass is 16.3. The molecule has 1 aliphatic heterocycles. The smallest absolute Gasteiger partial charge is 0.124 e. The summed E-state index contributed by atoms with van der Waals surface area (Å²) in [4.78, 5) is 9.87. The fourth-order valence-corrected chi connectivity index (χ4v) is 5.41. The molecule has 1 aliphatic rings. The Kier molecular flexibility index (Phi) is 5.66. The number of aromatic amines is 2. The second-order valence-corrected chi connectivity index (χ2v) is 10.4. The summed E-state index contributed by atoms with van der Waals surface area (Å²) in [5.41, 5.74) is 5.43. The van der Waals surface area contributed by atoms with Gasteiger partial charge >= 0.3 is 0 Å². The summed E-state index contributed by atoms with van der Waals surface area (Å²) in [5.74, 6) is 0.442. The highest BCUT2D eigenvalue weighted by Gasteiger charge is 2.55. The minimum atomic E-state index is -1.16. The van der Waals surface area contributed by atoms with Gasteiger partial charge in [0.1, 0.15) is 5.60 Å². The number of aromatic nitrogens is 4. The van der Waals surface area contributed by atoms with Crippen LogP contribution in [0.2, 0.25) is 0 Å². The van der Waals surface area contributed by atoms with Gasteiger partial charge in [-0.2, -0.15) is 5.10 Å². The molecule has 0 amide bonds. The lowest BCUT2D eigenvalue weighted by molar-refractivity contribution is -0.127. The summed E-state index contributed by atoms with van der Waals surface area (Å²) in [6.45, 7) is 8.15. The predicted octanol–water partition coefficient (Wildman–Crippen LogP) is 4.70. The third kappa shape index (κ3) is 3.87. The van der Waals surface area contributed by atoms with Crippen molar-refractivity contribution in [3.8, 4) is 11.3 Å². The number of pyridine rings is 1. The molecular formula is C28H33N5O. The highest BCUT2D eigenvalue weighted by Crippen LogP contribution is 2.50. The van der Waals surface area contributed by atoms with Gasteiger partial charge in [-0.25, -0.2) is 0 Å². The lowest BCUT2D eigenvalue weighted by Crippen LogP contribution is -2.63. The van der Waals surface area contributed by atoms with Gasteiger partial charge in [0.25, 0.3) is 0 Å². The van der Waals surface area contributed by atoms with E-state index in [-0.39, 0.29) is 5.41 Å². The first-order valence-corrected chi connectivity index (χ1v) is 11.9. The minimum absolute atomic E-state index is 0.327. The molecule has 0 spiro atoms. The summed E-state index contributed by atoms with van der Waals surface area (Å²) in [7, 11) is 2.09. The molecule has 34 heavy (non-hydrogen) atoms. The van der Waals surface area contributed by atoms with Gasteiger partial charge < -0.3 is 15.0 Å². The number of aliphatic hydroxyl groups is 1. The third-order valence-corrected chi connectivity index (χ3v) is 7.25. The molecule has 6 heteroatoms. The Balaban J connectivity index is 1.53. The molecule has 4 heterocycles. The van der Waals surface area contributed by atoms with Crippen LogP contribution in [0, 0.1) is 5.41 Å². The minimum Gasteiger partial charge on any atom is -0.380 e. The maximum Gasteiger partial charge on any atom is 0.124 e. The van der Waals surface area contributed by atoms with Crippen LogP contribution in [0.15, 0.2) is 67.3 Å². The first-order valence-electron chi connectivity index (χ1n) is 11.9. The topological polar surface area (TPSA) is 80.8 Å². The van der Waals surface area contributed by atoms with E-state index in [0.717, 1.165) is 47.6 Å². The van der Waals surface area contributed by atoms with E-state index in [1.54, 1.807) is 6.20 Å². The first kappa shape index (κ1) is 22.6. The van der Waals surface area contributed by atoms with Crippen LogP contribution in [-0.2, 0) is 12.0 Å². The van der Waals surface area contributed by atoms with Crippen molar-refractivity contribution in [2.45, 2.75) is 38.7 Å². The van der Waals surface area contributed by atoms with Crippen LogP contribution in [0.3, 0.4) is 0 Å². The largest absolute Gasteiger partial charge is 0.380 e. The average Bonchev–Trinajstić information content (AvgIpc) is 3.50. The van der Waals surface area contributed by atoms with E-state index in [2.05, 4.69) is 89.3 Å². The predicted molar refractivity (Wildman–Crippen MR) is 135 cm³/mol. The van der Waals surface area contributed by atoms with Crippen LogP contribution in [0.25, 0.3) is 11.3 Å². The fourth-order valence-electron chi connectivity index (χ4n) is 5.41. The number of nitrogens with zero attached hydrogens (tertiary/aromatic N) is 3. The van der Waals surface area contributed by atoms with Crippen molar-refractivity contribution in [1.29, 1.82) is 0 Å². The van der Waals surface area contributed by atoms with Gasteiger partial charge in [0, 0.05) is 66.5 Å². The van der Waals surface area contributed by atoms with Gasteiger partial charge in [-0.05, 0) is 47.9 Å². The maximum absolute atomic E-state index is 12.4. The second kappa shape index (κ2) is 8.53. The lowest BCUT2D eigenvalue weighted by atomic mass is 9.62. The van der Waals surface area contributed by atoms with Crippen LogP contribution in [0.4, 0.5) is 0 Å². The van der Waals surface area contributed by atoms with E-state index in [0.29, 0.717) is 5.92 Å². The summed E-state index contributed by atoms with van der Waals surface area (Å²) in [6, 6.07) is 14.6. The zero-order chi connectivity index (χ0) is 23.9. The van der Waals surface area contributed by atoms with E-state index in [1.807, 2.05) is 24.7 Å². The van der Waals surface area contributed by atoms with E-state index in [4.69, 9.17) is 0 Å². The molecule has 3 N–H and O–H groups in total. The Labute approximate surface area is 201 Å². The van der Waals surface area contributed by atoms with Gasteiger partial charge in [-0.15, -0.1) is 0 Å². The first-order chi connectivity index (χ1) is 16.3. The highest BCUT2D eigenvalue weighted by molar-refractivity contribution is 5.60. The molecule has 0 aliphatic carbocycles. The van der Waals surface area contributed by atoms with Crippen LogP contribution in [-0.4, -0.2) is 50.3 Å². The Morgan fingerprint density at radius 1 is 1.09 bits per heavy atom. The van der Waals surface area contributed by atoms with E-state index in [9.17, 15) is 5.11 Å². The molecule has 4 aromatic rings. The second-order valence-electron chi connectivity index (χ2n) is 10.4. The number of hydrogen-bond donors (Lipinski definition) is 3. The van der Waals surface area contributed by atoms with Gasteiger partial charge in [0.2, 0.25) is 0 Å². The number of hydrogen-bond acceptors (Lipinski definition) is 4. The molecule has 176 valence electrons. The van der Waals surface area contributed by atoms with Crippen molar-refractivity contribution in [3.63, 3.8) is 0 Å². The number of benzene rings is 1. The van der Waals surface area contributed by atoms with Crippen molar-refractivity contribution in [3.05, 3.63) is 95.2 Å². The van der Waals surface area contributed by atoms with E-state index < -0.39 is 5.60 Å². The molecule has 0 bridgehead atoms. The number of rotatable bonds is 7. The van der Waals surface area contributed by atoms with Crippen LogP contribution in [0.5, 0.6) is 0 Å². The zero-order valence-corrected chi connectivity index (χ0v) is 20.3. The standard InChI is InChI=1S/C28H33N5O/c1-19(2)21-5-7-23(8-6-21)28(34,27(3)17-33(4)18-27)24-12-22(15-30-16-24)26-13-25(31-32-26)11-20-9-10-29-14-20/h5-10,12-16,19,29,34H,11,17-18H2,1-4H3,(H,31,32)/t28-/m0/s1. The summed E-state index contributed by atoms with van der Waals surface area (Å²) in [5, 5.41) is 20.1. The Bertz CT molecular complexity index is 1250. The van der Waals surface area contributed by atoms with Crippen LogP contribution in [0.1, 0.15) is 54.6 Å². The summed E-state index contributed by atoms with van der Waals surface area (Å²) in [6.07, 6.45) is 8.31. The maximum atomic E-state index is 12.4. The molecule has 1 aromatic carbocycles. The fraction of sp³-hybridized carbons (Fsp3) is 0.357. The van der Waals surface area contributed by atoms with Crippen molar-refractivity contribution in [2.24, 2.45) is 5.41 Å². The molecule has 5 rings (SSSR count). The van der Waals surface area contributed by atoms with Crippen molar-refractivity contribution in [1.82, 2.24) is 25.1 Å². The van der Waals surface area contributed by atoms with Gasteiger partial charge in [-0.3, -0.25) is 10.1 Å². The molecule has 0 radical (unpaired) electrons. The number of nitrogens with one attached hydrogen (secondary N) is 2. The Morgan fingerprint density at radius 2 is 1.85 bits per heavy atom. The van der Waals surface area contributed by atoms with Gasteiger partial charge in [0.05, 0.1) is 5.69 Å². The van der Waals surface area contributed by atoms with Crippen LogP contribution < -0.4 is 0 Å². The van der Waals surface area contributed by atoms with E-state index in [1.165, 1.54) is 11.1 Å². The third-order valence-electron chi connectivity index (χ3n) is 7.25. The summed E-state index contributed by atoms with van der Waals surface area (Å²) < 4.78 is 0. The number of H-pyrrole nitrogens is 2. The van der Waals surface area contributed by atoms with Crippen molar-refractivity contribution >= 4 is 0 Å². The average molecular weight is 456 g/mol. The van der Waals surface area contributed by atoms with E-state index >= 15 is 0 Å². The van der Waals surface area contributed by atoms with Gasteiger partial charge in [0.15, 0.2) is 0 Å². The molecule has 1 fully saturated rings. The Morgan fingerprint density at radius 3 is 2.50 bits per heavy atom. The van der Waals surface area contributed by atoms with Gasteiger partial charge in [-0.1, -0.05) is 45.0 Å². The number of likely N-dealkylation sites (tertiary alicyclic amines) is 1. The SMILES string of the molecule is CC(C)c1ccc([C@](O)(c2cncc(-c3cc(Cc4cc[nH]c4)[nH]n3)c2)C2(C)CN(C)C2)cc1. The Hall–Kier alpha value is -3.22. The zero-order valence-electron chi connectivity index (χ0n) is 20.3. The van der Waals surface area contributed by atoms with Crippen LogP contribution >= 0.6 is 0 Å². The lowest BCUT2D eigenvalue weighted by Gasteiger charge is -2.55. The molecule has 0 unspecified atom stereocenters. The van der Waals surface area contributed by atoms with Crippen molar-refractivity contribution < 1.29 is 5.11 Å². The quantitative estimate of drug-likeness (QED) is 0.377. The normalized spacial score (nSPS) is 17.5. The molecular weight excluding hydrogens is 422 g/mol.